The number of carbonyl (C=O) groups is 2. The number of nitrogens with zero attached hydrogens (tertiary/aromatic N) is 1. The molecule has 1 aromatic carbocycles. The molecule has 2 N–H and O–H groups in total. The standard InChI is InChI=1S/C19H25N3O4S2/c1-14(2)21-28(25,26)13-16-8-6-15(7-9-16)11-20-18(23)12-22(3)19(24)17-5-4-10-27-17/h4-10,14,21H,11-13H2,1-3H3,(H,20,23). The third-order valence-corrected chi connectivity index (χ3v) is 6.15. The molecule has 0 saturated heterocycles. The topological polar surface area (TPSA) is 95.6 Å². The summed E-state index contributed by atoms with van der Waals surface area (Å²) in [5.74, 6) is -0.543. The molecule has 0 radical (unpaired) electrons. The minimum Gasteiger partial charge on any atom is -0.350 e. The molecule has 9 heteroatoms. The van der Waals surface area contributed by atoms with Gasteiger partial charge in [0.05, 0.1) is 17.2 Å². The van der Waals surface area contributed by atoms with Crippen molar-refractivity contribution in [2.45, 2.75) is 32.2 Å². The van der Waals surface area contributed by atoms with Gasteiger partial charge in [0.25, 0.3) is 5.91 Å². The Balaban J connectivity index is 1.82. The highest BCUT2D eigenvalue weighted by Gasteiger charge is 2.16. The molecule has 1 heterocycles. The molecule has 7 nitrogen and oxygen atoms in total. The van der Waals surface area contributed by atoms with Crippen LogP contribution in [-0.4, -0.2) is 44.8 Å². The predicted octanol–water partition coefficient (Wildman–Crippen LogP) is 1.96. The van der Waals surface area contributed by atoms with Crippen molar-refractivity contribution in [1.82, 2.24) is 14.9 Å². The fourth-order valence-corrected chi connectivity index (χ4v) is 4.66. The van der Waals surface area contributed by atoms with Crippen LogP contribution < -0.4 is 10.0 Å². The maximum absolute atomic E-state index is 12.1. The van der Waals surface area contributed by atoms with Crippen LogP contribution in [0.25, 0.3) is 0 Å². The van der Waals surface area contributed by atoms with Gasteiger partial charge in [-0.1, -0.05) is 30.3 Å². The Hall–Kier alpha value is -2.23. The normalized spacial score (nSPS) is 11.4. The molecule has 2 amide bonds. The van der Waals surface area contributed by atoms with Crippen LogP contribution in [0.1, 0.15) is 34.6 Å². The summed E-state index contributed by atoms with van der Waals surface area (Å²) in [6, 6.07) is 10.4. The Kier molecular flexibility index (Phi) is 7.73. The lowest BCUT2D eigenvalue weighted by atomic mass is 10.1. The average Bonchev–Trinajstić information content (AvgIpc) is 3.13. The van der Waals surface area contributed by atoms with E-state index in [1.165, 1.54) is 16.2 Å². The molecule has 2 aromatic rings. The second-order valence-corrected chi connectivity index (χ2v) is 9.46. The first-order valence-electron chi connectivity index (χ1n) is 8.80. The molecule has 0 spiro atoms. The van der Waals surface area contributed by atoms with Crippen molar-refractivity contribution < 1.29 is 18.0 Å². The van der Waals surface area contributed by atoms with Crippen molar-refractivity contribution in [2.24, 2.45) is 0 Å². The summed E-state index contributed by atoms with van der Waals surface area (Å²) in [5, 5.41) is 4.58. The lowest BCUT2D eigenvalue weighted by Crippen LogP contribution is -2.37. The zero-order valence-electron chi connectivity index (χ0n) is 16.1. The van der Waals surface area contributed by atoms with E-state index in [2.05, 4.69) is 10.0 Å². The van der Waals surface area contributed by atoms with Gasteiger partial charge in [0.1, 0.15) is 0 Å². The van der Waals surface area contributed by atoms with Crippen LogP contribution in [0.5, 0.6) is 0 Å². The zero-order valence-corrected chi connectivity index (χ0v) is 17.8. The van der Waals surface area contributed by atoms with Crippen molar-refractivity contribution in [3.05, 3.63) is 57.8 Å². The third kappa shape index (κ3) is 7.06. The maximum atomic E-state index is 12.1. The van der Waals surface area contributed by atoms with E-state index in [-0.39, 0.29) is 30.2 Å². The zero-order chi connectivity index (χ0) is 20.7. The van der Waals surface area contributed by atoms with Crippen molar-refractivity contribution in [1.29, 1.82) is 0 Å². The Bertz CT molecular complexity index is 892. The number of sulfonamides is 1. The summed E-state index contributed by atoms with van der Waals surface area (Å²) >= 11 is 1.33. The SMILES string of the molecule is CC(C)NS(=O)(=O)Cc1ccc(CNC(=O)CN(C)C(=O)c2cccs2)cc1. The minimum atomic E-state index is -3.37. The monoisotopic (exact) mass is 423 g/mol. The second-order valence-electron chi connectivity index (χ2n) is 6.76. The molecule has 0 unspecified atom stereocenters. The van der Waals surface area contributed by atoms with Crippen molar-refractivity contribution >= 4 is 33.2 Å². The summed E-state index contributed by atoms with van der Waals surface area (Å²) in [5.41, 5.74) is 1.52. The van der Waals surface area contributed by atoms with Gasteiger partial charge in [-0.2, -0.15) is 0 Å². The van der Waals surface area contributed by atoms with Crippen LogP contribution in [0.4, 0.5) is 0 Å². The van der Waals surface area contributed by atoms with Crippen LogP contribution in [0.3, 0.4) is 0 Å². The molecule has 152 valence electrons. The van der Waals surface area contributed by atoms with E-state index in [9.17, 15) is 18.0 Å². The number of thiophene rings is 1. The highest BCUT2D eigenvalue weighted by Crippen LogP contribution is 2.11. The number of rotatable bonds is 9. The summed E-state index contributed by atoms with van der Waals surface area (Å²) in [6.07, 6.45) is 0. The molecule has 28 heavy (non-hydrogen) atoms. The third-order valence-electron chi connectivity index (χ3n) is 3.74. The van der Waals surface area contributed by atoms with E-state index in [1.807, 2.05) is 5.38 Å². The van der Waals surface area contributed by atoms with Crippen LogP contribution in [0, 0.1) is 0 Å². The number of benzene rings is 1. The summed E-state index contributed by atoms with van der Waals surface area (Å²) in [7, 11) is -1.78. The van der Waals surface area contributed by atoms with Gasteiger partial charge in [0, 0.05) is 19.6 Å². The second kappa shape index (κ2) is 9.81. The molecule has 0 atom stereocenters. The van der Waals surface area contributed by atoms with Gasteiger partial charge in [-0.25, -0.2) is 13.1 Å². The lowest BCUT2D eigenvalue weighted by Gasteiger charge is -2.16. The van der Waals surface area contributed by atoms with E-state index in [0.29, 0.717) is 17.0 Å². The number of nitrogens with one attached hydrogen (secondary N) is 2. The number of amides is 2. The molecule has 0 bridgehead atoms. The Labute approximate surface area is 169 Å². The summed E-state index contributed by atoms with van der Waals surface area (Å²) < 4.78 is 26.5. The summed E-state index contributed by atoms with van der Waals surface area (Å²) in [6.45, 7) is 3.81. The van der Waals surface area contributed by atoms with Gasteiger partial charge in [0.2, 0.25) is 15.9 Å². The first kappa shape index (κ1) is 22.1. The van der Waals surface area contributed by atoms with Crippen LogP contribution in [0.15, 0.2) is 41.8 Å². The molecule has 0 aliphatic carbocycles. The van der Waals surface area contributed by atoms with E-state index < -0.39 is 10.0 Å². The quantitative estimate of drug-likeness (QED) is 0.645. The molecule has 0 aliphatic heterocycles. The van der Waals surface area contributed by atoms with E-state index >= 15 is 0 Å². The first-order valence-corrected chi connectivity index (χ1v) is 11.3. The number of likely N-dealkylation sites (N-methyl/N-ethyl adjacent to an activating group) is 1. The minimum absolute atomic E-state index is 0.0338. The maximum Gasteiger partial charge on any atom is 0.264 e. The first-order chi connectivity index (χ1) is 13.2. The van der Waals surface area contributed by atoms with E-state index in [0.717, 1.165) is 5.56 Å². The predicted molar refractivity (Wildman–Crippen MR) is 110 cm³/mol. The smallest absolute Gasteiger partial charge is 0.264 e. The molecule has 0 saturated carbocycles. The van der Waals surface area contributed by atoms with Gasteiger partial charge in [-0.05, 0) is 36.4 Å². The molecular weight excluding hydrogens is 398 g/mol. The van der Waals surface area contributed by atoms with Gasteiger partial charge >= 0.3 is 0 Å². The molecular formula is C19H25N3O4S2. The van der Waals surface area contributed by atoms with Gasteiger partial charge in [0.15, 0.2) is 0 Å². The van der Waals surface area contributed by atoms with E-state index in [4.69, 9.17) is 0 Å². The van der Waals surface area contributed by atoms with Gasteiger partial charge in [-0.15, -0.1) is 11.3 Å². The van der Waals surface area contributed by atoms with Crippen molar-refractivity contribution in [3.63, 3.8) is 0 Å². The molecule has 0 fully saturated rings. The lowest BCUT2D eigenvalue weighted by molar-refractivity contribution is -0.121. The number of carbonyl (C=O) groups excluding carboxylic acids is 2. The number of hydrogen-bond acceptors (Lipinski definition) is 5. The highest BCUT2D eigenvalue weighted by atomic mass is 32.2. The highest BCUT2D eigenvalue weighted by molar-refractivity contribution is 7.88. The van der Waals surface area contributed by atoms with Crippen LogP contribution in [0.2, 0.25) is 0 Å². The van der Waals surface area contributed by atoms with Crippen molar-refractivity contribution in [2.75, 3.05) is 13.6 Å². The van der Waals surface area contributed by atoms with Gasteiger partial charge < -0.3 is 10.2 Å². The number of hydrogen-bond donors (Lipinski definition) is 2. The fraction of sp³-hybridized carbons (Fsp3) is 0.368. The Morgan fingerprint density at radius 3 is 2.32 bits per heavy atom. The van der Waals surface area contributed by atoms with E-state index in [1.54, 1.807) is 57.3 Å². The average molecular weight is 424 g/mol. The molecule has 1 aromatic heterocycles. The Morgan fingerprint density at radius 2 is 1.75 bits per heavy atom. The van der Waals surface area contributed by atoms with Crippen molar-refractivity contribution in [3.8, 4) is 0 Å². The fourth-order valence-electron chi connectivity index (χ4n) is 2.51. The van der Waals surface area contributed by atoms with Gasteiger partial charge in [-0.3, -0.25) is 9.59 Å². The molecule has 2 rings (SSSR count). The van der Waals surface area contributed by atoms with Crippen LogP contribution in [-0.2, 0) is 27.1 Å². The van der Waals surface area contributed by atoms with Crippen LogP contribution >= 0.6 is 11.3 Å². The summed E-state index contributed by atoms with van der Waals surface area (Å²) in [4.78, 5) is 26.2. The Morgan fingerprint density at radius 1 is 1.11 bits per heavy atom. The molecule has 0 aliphatic rings. The largest absolute Gasteiger partial charge is 0.350 e.